The van der Waals surface area contributed by atoms with E-state index >= 15 is 0 Å². The van der Waals surface area contributed by atoms with E-state index < -0.39 is 5.41 Å². The van der Waals surface area contributed by atoms with Crippen molar-refractivity contribution in [1.82, 2.24) is 0 Å². The molecule has 0 aliphatic heterocycles. The molecule has 3 nitrogen and oxygen atoms in total. The molecule has 0 N–H and O–H groups in total. The van der Waals surface area contributed by atoms with Crippen LogP contribution in [0.3, 0.4) is 0 Å². The quantitative estimate of drug-likeness (QED) is 0.676. The highest BCUT2D eigenvalue weighted by molar-refractivity contribution is 6.01. The maximum atomic E-state index is 13.7. The van der Waals surface area contributed by atoms with E-state index in [2.05, 4.69) is 37.8 Å². The fraction of sp³-hybridized carbons (Fsp3) is 0.538. The van der Waals surface area contributed by atoms with Crippen LogP contribution in [0.25, 0.3) is 0 Å². The molecule has 0 aromatic heterocycles. The Bertz CT molecular complexity index is 912. The summed E-state index contributed by atoms with van der Waals surface area (Å²) in [6.45, 7) is 6.19. The number of fused-ring (bicyclic) bond motifs is 2. The molecule has 2 bridgehead atoms. The number of rotatable bonds is 4. The summed E-state index contributed by atoms with van der Waals surface area (Å²) >= 11 is 0. The zero-order valence-electron chi connectivity index (χ0n) is 17.4. The fourth-order valence-corrected chi connectivity index (χ4v) is 7.78. The summed E-state index contributed by atoms with van der Waals surface area (Å²) < 4.78 is 5.38. The second kappa shape index (κ2) is 6.17. The van der Waals surface area contributed by atoms with Crippen molar-refractivity contribution in [2.24, 2.45) is 28.6 Å². The molecule has 3 heteroatoms. The summed E-state index contributed by atoms with van der Waals surface area (Å²) in [7, 11) is 1.67. The fourth-order valence-electron chi connectivity index (χ4n) is 7.78. The summed E-state index contributed by atoms with van der Waals surface area (Å²) in [4.78, 5) is 27.4. The van der Waals surface area contributed by atoms with Gasteiger partial charge in [-0.15, -0.1) is 6.58 Å². The third-order valence-corrected chi connectivity index (χ3v) is 9.00. The molecular weight excluding hydrogens is 360 g/mol. The van der Waals surface area contributed by atoms with Crippen LogP contribution in [-0.2, 0) is 15.0 Å². The monoisotopic (exact) mass is 390 g/mol. The second-order valence-electron chi connectivity index (χ2n) is 9.76. The molecule has 6 atom stereocenters. The van der Waals surface area contributed by atoms with Crippen LogP contribution in [0.2, 0.25) is 0 Å². The van der Waals surface area contributed by atoms with E-state index in [0.29, 0.717) is 18.6 Å². The predicted molar refractivity (Wildman–Crippen MR) is 113 cm³/mol. The van der Waals surface area contributed by atoms with Gasteiger partial charge < -0.3 is 4.74 Å². The van der Waals surface area contributed by atoms with E-state index in [1.165, 1.54) is 0 Å². The van der Waals surface area contributed by atoms with E-state index in [1.54, 1.807) is 13.2 Å². The number of carbonyl (C=O) groups excluding carboxylic acids is 2. The minimum Gasteiger partial charge on any atom is -0.497 e. The standard InChI is InChI=1S/C26H30O3/c1-4-7-17-16-20(27)21-22(23(17)28)25-13-6-5-12-24(25,2)26(21,15-14-25)18-8-10-19(29-3)11-9-18/h4,8-11,14-15,17,21-22H,1,5-7,12-13,16H2,2-3H3/t17-,21-,22-,24+,25-,26-/m1/s1. The summed E-state index contributed by atoms with van der Waals surface area (Å²) in [5.41, 5.74) is 0.478. The Morgan fingerprint density at radius 3 is 2.52 bits per heavy atom. The van der Waals surface area contributed by atoms with Crippen molar-refractivity contribution in [3.63, 3.8) is 0 Å². The third kappa shape index (κ3) is 2.04. The van der Waals surface area contributed by atoms with Crippen LogP contribution in [-0.4, -0.2) is 18.7 Å². The number of allylic oxidation sites excluding steroid dienone is 3. The van der Waals surface area contributed by atoms with E-state index in [1.807, 2.05) is 12.1 Å². The lowest BCUT2D eigenvalue weighted by atomic mass is 9.52. The van der Waals surface area contributed by atoms with Crippen molar-refractivity contribution in [3.05, 3.63) is 54.6 Å². The molecule has 5 rings (SSSR count). The average Bonchev–Trinajstić information content (AvgIpc) is 3.12. The lowest BCUT2D eigenvalue weighted by Crippen LogP contribution is -2.49. The first-order chi connectivity index (χ1) is 13.9. The first-order valence-electron chi connectivity index (χ1n) is 11.0. The third-order valence-electron chi connectivity index (χ3n) is 9.00. The molecule has 1 aromatic rings. The van der Waals surface area contributed by atoms with Gasteiger partial charge in [0.15, 0.2) is 0 Å². The highest BCUT2D eigenvalue weighted by Gasteiger charge is 2.79. The summed E-state index contributed by atoms with van der Waals surface area (Å²) in [6.07, 6.45) is 11.8. The van der Waals surface area contributed by atoms with Crippen LogP contribution in [0.4, 0.5) is 0 Å². The molecule has 1 aromatic carbocycles. The molecule has 4 aliphatic rings. The second-order valence-corrected chi connectivity index (χ2v) is 9.76. The normalized spacial score (nSPS) is 42.5. The van der Waals surface area contributed by atoms with Gasteiger partial charge in [-0.25, -0.2) is 0 Å². The van der Waals surface area contributed by atoms with Gasteiger partial charge in [-0.05, 0) is 42.4 Å². The minimum atomic E-state index is -0.393. The van der Waals surface area contributed by atoms with Crippen molar-refractivity contribution in [3.8, 4) is 5.75 Å². The molecular formula is C26H30O3. The van der Waals surface area contributed by atoms with Crippen molar-refractivity contribution >= 4 is 11.6 Å². The smallest absolute Gasteiger partial charge is 0.141 e. The van der Waals surface area contributed by atoms with Crippen LogP contribution in [0.5, 0.6) is 5.75 Å². The van der Waals surface area contributed by atoms with E-state index in [9.17, 15) is 9.59 Å². The zero-order chi connectivity index (χ0) is 20.4. The van der Waals surface area contributed by atoms with E-state index in [4.69, 9.17) is 4.74 Å². The zero-order valence-corrected chi connectivity index (χ0v) is 17.4. The summed E-state index contributed by atoms with van der Waals surface area (Å²) in [5.74, 6) is 0.781. The molecule has 3 saturated carbocycles. The molecule has 4 aliphatic carbocycles. The average molecular weight is 391 g/mol. The predicted octanol–water partition coefficient (Wildman–Crippen LogP) is 5.05. The van der Waals surface area contributed by atoms with Crippen molar-refractivity contribution < 1.29 is 14.3 Å². The van der Waals surface area contributed by atoms with Crippen LogP contribution in [0.1, 0.15) is 51.0 Å². The number of ketones is 2. The number of methoxy groups -OCH3 is 1. The first-order valence-corrected chi connectivity index (χ1v) is 11.0. The number of hydrogen-bond donors (Lipinski definition) is 0. The Balaban J connectivity index is 1.73. The molecule has 0 heterocycles. The van der Waals surface area contributed by atoms with Gasteiger partial charge in [-0.3, -0.25) is 9.59 Å². The van der Waals surface area contributed by atoms with Gasteiger partial charge in [0.2, 0.25) is 0 Å². The summed E-state index contributed by atoms with van der Waals surface area (Å²) in [6, 6.07) is 8.23. The molecule has 152 valence electrons. The van der Waals surface area contributed by atoms with E-state index in [0.717, 1.165) is 37.0 Å². The number of benzene rings is 1. The SMILES string of the molecule is C=CC[C@@H]1CC(=O)[C@@H]2[C@H](C1=O)[C@@]13C=C[C@]2(c2ccc(OC)cc2)[C@@]1(C)CCCC3. The Morgan fingerprint density at radius 2 is 1.83 bits per heavy atom. The number of Topliss-reactive ketones (excluding diaryl/α,β-unsaturated/α-hetero) is 2. The van der Waals surface area contributed by atoms with Gasteiger partial charge in [0, 0.05) is 35.0 Å². The number of ether oxygens (including phenoxy) is 1. The van der Waals surface area contributed by atoms with Gasteiger partial charge >= 0.3 is 0 Å². The van der Waals surface area contributed by atoms with Crippen molar-refractivity contribution in [2.45, 2.75) is 50.9 Å². The highest BCUT2D eigenvalue weighted by Crippen LogP contribution is 2.79. The van der Waals surface area contributed by atoms with Crippen LogP contribution in [0.15, 0.2) is 49.1 Å². The number of carbonyl (C=O) groups is 2. The maximum Gasteiger partial charge on any atom is 0.141 e. The molecule has 0 saturated heterocycles. The van der Waals surface area contributed by atoms with E-state index in [-0.39, 0.29) is 34.4 Å². The van der Waals surface area contributed by atoms with Crippen LogP contribution < -0.4 is 4.74 Å². The minimum absolute atomic E-state index is 0.101. The molecule has 0 spiro atoms. The molecule has 0 radical (unpaired) electrons. The van der Waals surface area contributed by atoms with Gasteiger partial charge in [-0.2, -0.15) is 0 Å². The van der Waals surface area contributed by atoms with Gasteiger partial charge in [0.05, 0.1) is 7.11 Å². The number of hydrogen-bond acceptors (Lipinski definition) is 3. The highest BCUT2D eigenvalue weighted by atomic mass is 16.5. The van der Waals surface area contributed by atoms with Crippen LogP contribution in [0, 0.1) is 28.6 Å². The van der Waals surface area contributed by atoms with Crippen LogP contribution >= 0.6 is 0 Å². The van der Waals surface area contributed by atoms with Gasteiger partial charge in [-0.1, -0.05) is 50.1 Å². The molecule has 0 unspecified atom stereocenters. The van der Waals surface area contributed by atoms with Gasteiger partial charge in [0.1, 0.15) is 17.3 Å². The Hall–Kier alpha value is -2.16. The Kier molecular flexibility index (Phi) is 4.01. The Labute approximate surface area is 173 Å². The Morgan fingerprint density at radius 1 is 1.10 bits per heavy atom. The molecule has 29 heavy (non-hydrogen) atoms. The molecule has 3 fully saturated rings. The largest absolute Gasteiger partial charge is 0.497 e. The lowest BCUT2D eigenvalue weighted by molar-refractivity contribution is -0.145. The van der Waals surface area contributed by atoms with Crippen molar-refractivity contribution in [1.29, 1.82) is 0 Å². The van der Waals surface area contributed by atoms with Crippen molar-refractivity contribution in [2.75, 3.05) is 7.11 Å². The van der Waals surface area contributed by atoms with Gasteiger partial charge in [0.25, 0.3) is 0 Å². The topological polar surface area (TPSA) is 43.4 Å². The summed E-state index contributed by atoms with van der Waals surface area (Å²) in [5, 5.41) is 0. The molecule has 0 amide bonds. The first kappa shape index (κ1) is 18.8. The maximum absolute atomic E-state index is 13.7. The lowest BCUT2D eigenvalue weighted by Gasteiger charge is -2.50.